The third kappa shape index (κ3) is 3.87. The van der Waals surface area contributed by atoms with Crippen molar-refractivity contribution in [1.29, 1.82) is 0 Å². The first-order valence-corrected chi connectivity index (χ1v) is 8.45. The molecule has 1 aliphatic heterocycles. The molecule has 0 aromatic carbocycles. The summed E-state index contributed by atoms with van der Waals surface area (Å²) in [4.78, 5) is 18.7. The smallest absolute Gasteiger partial charge is 0.296 e. The monoisotopic (exact) mass is 341 g/mol. The molecule has 0 aliphatic carbocycles. The molecule has 1 aromatic rings. The van der Waals surface area contributed by atoms with Gasteiger partial charge in [0.25, 0.3) is 0 Å². The maximum atomic E-state index is 13.5. The summed E-state index contributed by atoms with van der Waals surface area (Å²) in [7, 11) is 0. The average Bonchev–Trinajstić information content (AvgIpc) is 3.07. The fraction of sp³-hybridized carbons (Fsp3) is 0.667. The van der Waals surface area contributed by atoms with Gasteiger partial charge >= 0.3 is 6.03 Å². The lowest BCUT2D eigenvalue weighted by molar-refractivity contribution is 0.0647. The number of thiazole rings is 1. The van der Waals surface area contributed by atoms with Crippen LogP contribution in [-0.2, 0) is 0 Å². The van der Waals surface area contributed by atoms with Gasteiger partial charge in [0, 0.05) is 25.8 Å². The minimum absolute atomic E-state index is 0.0531. The zero-order valence-electron chi connectivity index (χ0n) is 14.0. The quantitative estimate of drug-likeness (QED) is 0.661. The molecule has 23 heavy (non-hydrogen) atoms. The van der Waals surface area contributed by atoms with Crippen molar-refractivity contribution in [3.8, 4) is 0 Å². The number of likely N-dealkylation sites (tertiary alicyclic amines) is 1. The molecule has 2 rings (SSSR count). The Balaban J connectivity index is 2.10. The molecule has 2 atom stereocenters. The van der Waals surface area contributed by atoms with E-state index in [0.717, 1.165) is 5.01 Å². The van der Waals surface area contributed by atoms with Crippen molar-refractivity contribution in [3.05, 3.63) is 11.2 Å². The van der Waals surface area contributed by atoms with Crippen LogP contribution in [-0.4, -0.2) is 58.5 Å². The molecule has 2 heterocycles. The molecule has 1 aromatic heterocycles. The molecule has 0 bridgehead atoms. The van der Waals surface area contributed by atoms with E-state index in [1.165, 1.54) is 16.3 Å². The van der Waals surface area contributed by atoms with E-state index >= 15 is 0 Å². The first-order valence-electron chi connectivity index (χ1n) is 7.64. The van der Waals surface area contributed by atoms with Gasteiger partial charge in [-0.25, -0.2) is 19.2 Å². The predicted octanol–water partition coefficient (Wildman–Crippen LogP) is 3.11. The Morgan fingerprint density at radius 2 is 2.39 bits per heavy atom. The molecule has 1 unspecified atom stereocenters. The van der Waals surface area contributed by atoms with Crippen LogP contribution < -0.4 is 5.32 Å². The van der Waals surface area contributed by atoms with E-state index in [0.29, 0.717) is 24.5 Å². The normalized spacial score (nSPS) is 20.3. The SMILES string of the molecule is C=NN(C(=O)Nc1cnc(C)s1)C(C)(C)C(C)N1CC[C@H](F)C1. The van der Waals surface area contributed by atoms with E-state index in [1.807, 2.05) is 32.6 Å². The van der Waals surface area contributed by atoms with Crippen molar-refractivity contribution in [2.45, 2.75) is 51.9 Å². The number of aromatic nitrogens is 1. The average molecular weight is 341 g/mol. The third-order valence-corrected chi connectivity index (χ3v) is 5.29. The van der Waals surface area contributed by atoms with Crippen molar-refractivity contribution in [2.75, 3.05) is 18.4 Å². The number of halogens is 1. The van der Waals surface area contributed by atoms with Crippen LogP contribution in [0.25, 0.3) is 0 Å². The number of aryl methyl sites for hydroxylation is 1. The van der Waals surface area contributed by atoms with Gasteiger partial charge in [-0.05, 0) is 34.1 Å². The molecule has 1 saturated heterocycles. The Labute approximate surface area is 140 Å². The number of anilines is 1. The summed E-state index contributed by atoms with van der Waals surface area (Å²) in [5.41, 5.74) is -0.629. The number of hydrogen-bond acceptors (Lipinski definition) is 5. The van der Waals surface area contributed by atoms with Crippen LogP contribution in [0.1, 0.15) is 32.2 Å². The molecule has 8 heteroatoms. The third-order valence-electron chi connectivity index (χ3n) is 4.46. The van der Waals surface area contributed by atoms with Crippen LogP contribution in [0.5, 0.6) is 0 Å². The maximum Gasteiger partial charge on any atom is 0.343 e. The fourth-order valence-corrected chi connectivity index (χ4v) is 3.47. The molecule has 1 N–H and O–H groups in total. The Kier molecular flexibility index (Phi) is 5.36. The number of urea groups is 1. The zero-order chi connectivity index (χ0) is 17.2. The summed E-state index contributed by atoms with van der Waals surface area (Å²) in [5.74, 6) is 0. The number of amides is 2. The number of nitrogens with zero attached hydrogens (tertiary/aromatic N) is 4. The first-order chi connectivity index (χ1) is 10.8. The second-order valence-corrected chi connectivity index (χ2v) is 7.57. The maximum absolute atomic E-state index is 13.5. The number of nitrogens with one attached hydrogen (secondary N) is 1. The van der Waals surface area contributed by atoms with Crippen LogP contribution in [0.4, 0.5) is 14.2 Å². The largest absolute Gasteiger partial charge is 0.343 e. The minimum atomic E-state index is -0.799. The van der Waals surface area contributed by atoms with Gasteiger partial charge in [0.15, 0.2) is 0 Å². The van der Waals surface area contributed by atoms with Crippen LogP contribution in [0, 0.1) is 6.92 Å². The number of hydrogen-bond donors (Lipinski definition) is 1. The highest BCUT2D eigenvalue weighted by molar-refractivity contribution is 7.15. The van der Waals surface area contributed by atoms with Crippen LogP contribution in [0.2, 0.25) is 0 Å². The van der Waals surface area contributed by atoms with Crippen LogP contribution in [0.15, 0.2) is 11.3 Å². The lowest BCUT2D eigenvalue weighted by atomic mass is 9.94. The van der Waals surface area contributed by atoms with E-state index in [2.05, 4.69) is 22.1 Å². The van der Waals surface area contributed by atoms with Gasteiger partial charge in [-0.2, -0.15) is 5.10 Å². The zero-order valence-corrected chi connectivity index (χ0v) is 14.9. The Hall–Kier alpha value is -1.54. The summed E-state index contributed by atoms with van der Waals surface area (Å²) in [5, 5.41) is 9.57. The molecular weight excluding hydrogens is 317 g/mol. The van der Waals surface area contributed by atoms with Crippen LogP contribution in [0.3, 0.4) is 0 Å². The number of carbonyl (C=O) groups excluding carboxylic acids is 1. The molecule has 6 nitrogen and oxygen atoms in total. The molecule has 0 spiro atoms. The molecule has 128 valence electrons. The molecule has 1 fully saturated rings. The van der Waals surface area contributed by atoms with Crippen molar-refractivity contribution >= 4 is 29.1 Å². The van der Waals surface area contributed by atoms with Crippen molar-refractivity contribution < 1.29 is 9.18 Å². The topological polar surface area (TPSA) is 60.8 Å². The van der Waals surface area contributed by atoms with Crippen LogP contribution >= 0.6 is 11.3 Å². The summed E-state index contributed by atoms with van der Waals surface area (Å²) in [6, 6.07) is -0.417. The fourth-order valence-electron chi connectivity index (χ4n) is 2.80. The minimum Gasteiger partial charge on any atom is -0.296 e. The van der Waals surface area contributed by atoms with Gasteiger partial charge in [0.1, 0.15) is 11.2 Å². The lowest BCUT2D eigenvalue weighted by Crippen LogP contribution is -2.58. The van der Waals surface area contributed by atoms with Crippen molar-refractivity contribution in [1.82, 2.24) is 14.9 Å². The number of hydrazone groups is 1. The van der Waals surface area contributed by atoms with Gasteiger partial charge in [0.2, 0.25) is 0 Å². The number of alkyl halides is 1. The van der Waals surface area contributed by atoms with E-state index < -0.39 is 11.7 Å². The Bertz CT molecular complexity index is 576. The standard InChI is InChI=1S/C15H24FN5OS/c1-10(20-7-6-12(16)9-20)15(3,4)21(17-5)14(22)19-13-8-18-11(2)23-13/h8,10,12H,5-7,9H2,1-4H3,(H,19,22)/t10?,12-/m0/s1. The van der Waals surface area contributed by atoms with Crippen molar-refractivity contribution in [3.63, 3.8) is 0 Å². The van der Waals surface area contributed by atoms with E-state index in [1.54, 1.807) is 6.20 Å². The highest BCUT2D eigenvalue weighted by Crippen LogP contribution is 2.28. The highest BCUT2D eigenvalue weighted by atomic mass is 32.1. The molecule has 0 radical (unpaired) electrons. The van der Waals surface area contributed by atoms with Gasteiger partial charge in [-0.3, -0.25) is 10.2 Å². The van der Waals surface area contributed by atoms with Gasteiger partial charge in [-0.1, -0.05) is 0 Å². The number of carbonyl (C=O) groups is 1. The van der Waals surface area contributed by atoms with Gasteiger partial charge in [0.05, 0.1) is 16.7 Å². The summed E-state index contributed by atoms with van der Waals surface area (Å²) in [6.07, 6.45) is 1.35. The summed E-state index contributed by atoms with van der Waals surface area (Å²) in [6.45, 7) is 12.3. The molecule has 1 aliphatic rings. The van der Waals surface area contributed by atoms with Crippen molar-refractivity contribution in [2.24, 2.45) is 5.10 Å². The number of rotatable bonds is 5. The Morgan fingerprint density at radius 1 is 1.70 bits per heavy atom. The van der Waals surface area contributed by atoms with E-state index in [9.17, 15) is 9.18 Å². The second kappa shape index (κ2) is 6.92. The highest BCUT2D eigenvalue weighted by Gasteiger charge is 2.41. The lowest BCUT2D eigenvalue weighted by Gasteiger charge is -2.42. The second-order valence-electron chi connectivity index (χ2n) is 6.34. The summed E-state index contributed by atoms with van der Waals surface area (Å²) >= 11 is 1.40. The van der Waals surface area contributed by atoms with E-state index in [4.69, 9.17) is 0 Å². The van der Waals surface area contributed by atoms with Gasteiger partial charge in [-0.15, -0.1) is 11.3 Å². The predicted molar refractivity (Wildman–Crippen MR) is 91.9 cm³/mol. The molecule has 2 amide bonds. The summed E-state index contributed by atoms with van der Waals surface area (Å²) < 4.78 is 13.5. The first kappa shape index (κ1) is 17.8. The molecule has 0 saturated carbocycles. The van der Waals surface area contributed by atoms with E-state index in [-0.39, 0.29) is 12.1 Å². The Morgan fingerprint density at radius 3 is 2.87 bits per heavy atom. The van der Waals surface area contributed by atoms with Gasteiger partial charge < -0.3 is 0 Å². The molecular formula is C15H24FN5OS.